The molecule has 2 N–H and O–H groups in total. The van der Waals surface area contributed by atoms with Crippen molar-refractivity contribution in [1.29, 1.82) is 0 Å². The minimum Gasteiger partial charge on any atom is -0.444 e. The highest BCUT2D eigenvalue weighted by molar-refractivity contribution is 5.85. The van der Waals surface area contributed by atoms with E-state index in [1.54, 1.807) is 20.8 Å². The molecule has 0 aliphatic heterocycles. The predicted octanol–water partition coefficient (Wildman–Crippen LogP) is 2.45. The fourth-order valence-corrected chi connectivity index (χ4v) is 1.84. The van der Waals surface area contributed by atoms with Gasteiger partial charge in [-0.2, -0.15) is 0 Å². The smallest absolute Gasteiger partial charge is 0.408 e. The summed E-state index contributed by atoms with van der Waals surface area (Å²) < 4.78 is 5.21. The average molecular weight is 284 g/mol. The van der Waals surface area contributed by atoms with E-state index in [1.165, 1.54) is 12.8 Å². The van der Waals surface area contributed by atoms with Crippen LogP contribution in [0.2, 0.25) is 0 Å². The average Bonchev–Trinajstić information content (AvgIpc) is 3.05. The van der Waals surface area contributed by atoms with E-state index in [0.717, 1.165) is 0 Å². The lowest BCUT2D eigenvalue weighted by atomic mass is 10.0. The molecule has 0 spiro atoms. The monoisotopic (exact) mass is 284 g/mol. The maximum absolute atomic E-state index is 12.1. The van der Waals surface area contributed by atoms with Crippen LogP contribution >= 0.6 is 0 Å². The Bertz CT molecular complexity index is 344. The van der Waals surface area contributed by atoms with Crippen LogP contribution in [0.1, 0.15) is 53.9 Å². The van der Waals surface area contributed by atoms with E-state index in [9.17, 15) is 9.59 Å². The highest BCUT2D eigenvalue weighted by atomic mass is 16.6. The van der Waals surface area contributed by atoms with Crippen LogP contribution in [0.5, 0.6) is 0 Å². The summed E-state index contributed by atoms with van der Waals surface area (Å²) in [7, 11) is 0. The second kappa shape index (κ2) is 6.95. The van der Waals surface area contributed by atoms with Gasteiger partial charge in [0, 0.05) is 6.54 Å². The molecule has 1 rings (SSSR count). The van der Waals surface area contributed by atoms with Gasteiger partial charge in [0.25, 0.3) is 0 Å². The number of hydrogen-bond donors (Lipinski definition) is 2. The molecule has 0 aromatic carbocycles. The zero-order valence-electron chi connectivity index (χ0n) is 13.3. The number of carbonyl (C=O) groups excluding carboxylic acids is 2. The van der Waals surface area contributed by atoms with Crippen molar-refractivity contribution in [3.05, 3.63) is 0 Å². The molecule has 1 fully saturated rings. The van der Waals surface area contributed by atoms with Gasteiger partial charge in [-0.15, -0.1) is 0 Å². The Morgan fingerprint density at radius 3 is 2.30 bits per heavy atom. The second-order valence-electron chi connectivity index (χ2n) is 7.02. The largest absolute Gasteiger partial charge is 0.444 e. The Labute approximate surface area is 121 Å². The first-order valence-corrected chi connectivity index (χ1v) is 7.44. The Kier molecular flexibility index (Phi) is 5.84. The normalized spacial score (nSPS) is 16.7. The van der Waals surface area contributed by atoms with Crippen LogP contribution in [0.3, 0.4) is 0 Å². The van der Waals surface area contributed by atoms with E-state index in [0.29, 0.717) is 24.8 Å². The minimum absolute atomic E-state index is 0.114. The quantitative estimate of drug-likeness (QED) is 0.787. The summed E-state index contributed by atoms with van der Waals surface area (Å²) in [6.07, 6.45) is 2.45. The van der Waals surface area contributed by atoms with E-state index in [2.05, 4.69) is 10.6 Å². The van der Waals surface area contributed by atoms with E-state index in [-0.39, 0.29) is 5.91 Å². The van der Waals surface area contributed by atoms with Gasteiger partial charge in [-0.3, -0.25) is 4.79 Å². The molecule has 0 heterocycles. The van der Waals surface area contributed by atoms with Crippen molar-refractivity contribution >= 4 is 12.0 Å². The van der Waals surface area contributed by atoms with Gasteiger partial charge in [0.15, 0.2) is 0 Å². The van der Waals surface area contributed by atoms with Crippen LogP contribution in [0.15, 0.2) is 0 Å². The Hall–Kier alpha value is -1.26. The Morgan fingerprint density at radius 1 is 1.25 bits per heavy atom. The van der Waals surface area contributed by atoms with Crippen molar-refractivity contribution in [2.24, 2.45) is 11.8 Å². The van der Waals surface area contributed by atoms with Gasteiger partial charge in [0.2, 0.25) is 5.91 Å². The molecule has 2 amide bonds. The number of hydrogen-bond acceptors (Lipinski definition) is 3. The first-order chi connectivity index (χ1) is 9.17. The predicted molar refractivity (Wildman–Crippen MR) is 78.3 cm³/mol. The van der Waals surface area contributed by atoms with Gasteiger partial charge in [-0.05, 0) is 51.9 Å². The topological polar surface area (TPSA) is 67.4 Å². The summed E-state index contributed by atoms with van der Waals surface area (Å²) >= 11 is 0. The second-order valence-corrected chi connectivity index (χ2v) is 7.02. The highest BCUT2D eigenvalue weighted by Crippen LogP contribution is 2.27. The molecule has 1 aliphatic carbocycles. The van der Waals surface area contributed by atoms with Crippen molar-refractivity contribution in [2.75, 3.05) is 6.54 Å². The van der Waals surface area contributed by atoms with Gasteiger partial charge in [-0.1, -0.05) is 13.8 Å². The van der Waals surface area contributed by atoms with Crippen LogP contribution in [-0.2, 0) is 9.53 Å². The van der Waals surface area contributed by atoms with Crippen LogP contribution < -0.4 is 10.6 Å². The molecule has 5 nitrogen and oxygen atoms in total. The van der Waals surface area contributed by atoms with Crippen molar-refractivity contribution in [1.82, 2.24) is 10.6 Å². The third kappa shape index (κ3) is 7.36. The number of amides is 2. The lowest BCUT2D eigenvalue weighted by molar-refractivity contribution is -0.123. The summed E-state index contributed by atoms with van der Waals surface area (Å²) in [6.45, 7) is 10.2. The minimum atomic E-state index is -0.559. The molecule has 0 aromatic heterocycles. The van der Waals surface area contributed by atoms with E-state index in [1.807, 2.05) is 13.8 Å². The SMILES string of the molecule is CC(C)CC(NC(=O)OC(C)(C)C)C(=O)NCC1CC1. The first-order valence-electron chi connectivity index (χ1n) is 7.44. The molecule has 20 heavy (non-hydrogen) atoms. The zero-order chi connectivity index (χ0) is 15.3. The highest BCUT2D eigenvalue weighted by Gasteiger charge is 2.27. The van der Waals surface area contributed by atoms with Gasteiger partial charge in [0.1, 0.15) is 11.6 Å². The molecule has 0 bridgehead atoms. The Balaban J connectivity index is 2.48. The molecular weight excluding hydrogens is 256 g/mol. The maximum atomic E-state index is 12.1. The number of carbonyl (C=O) groups is 2. The fourth-order valence-electron chi connectivity index (χ4n) is 1.84. The summed E-state index contributed by atoms with van der Waals surface area (Å²) in [5.74, 6) is 0.832. The van der Waals surface area contributed by atoms with Crippen LogP contribution in [0, 0.1) is 11.8 Å². The number of nitrogens with one attached hydrogen (secondary N) is 2. The van der Waals surface area contributed by atoms with Crippen molar-refractivity contribution in [3.8, 4) is 0 Å². The molecule has 0 radical (unpaired) electrons. The fraction of sp³-hybridized carbons (Fsp3) is 0.867. The standard InChI is InChI=1S/C15H28N2O3/c1-10(2)8-12(13(18)16-9-11-6-7-11)17-14(19)20-15(3,4)5/h10-12H,6-9H2,1-5H3,(H,16,18)(H,17,19). The van der Waals surface area contributed by atoms with Gasteiger partial charge in [-0.25, -0.2) is 4.79 Å². The lowest BCUT2D eigenvalue weighted by Gasteiger charge is -2.24. The first kappa shape index (κ1) is 16.8. The maximum Gasteiger partial charge on any atom is 0.408 e. The van der Waals surface area contributed by atoms with Gasteiger partial charge < -0.3 is 15.4 Å². The van der Waals surface area contributed by atoms with Crippen LogP contribution in [0.4, 0.5) is 4.79 Å². The molecule has 5 heteroatoms. The molecule has 1 atom stereocenters. The zero-order valence-corrected chi connectivity index (χ0v) is 13.3. The third-order valence-corrected chi connectivity index (χ3v) is 2.98. The Morgan fingerprint density at radius 2 is 1.85 bits per heavy atom. The number of alkyl carbamates (subject to hydrolysis) is 1. The van der Waals surface area contributed by atoms with Crippen LogP contribution in [-0.4, -0.2) is 30.2 Å². The molecule has 1 aliphatic rings. The van der Waals surface area contributed by atoms with E-state index in [4.69, 9.17) is 4.74 Å². The van der Waals surface area contributed by atoms with E-state index < -0.39 is 17.7 Å². The molecule has 1 saturated carbocycles. The lowest BCUT2D eigenvalue weighted by Crippen LogP contribution is -2.49. The summed E-state index contributed by atoms with van der Waals surface area (Å²) in [5, 5.41) is 5.58. The molecule has 0 aromatic rings. The van der Waals surface area contributed by atoms with E-state index >= 15 is 0 Å². The van der Waals surface area contributed by atoms with Gasteiger partial charge in [0.05, 0.1) is 0 Å². The van der Waals surface area contributed by atoms with Gasteiger partial charge >= 0.3 is 6.09 Å². The molecule has 0 saturated heterocycles. The summed E-state index contributed by atoms with van der Waals surface area (Å²) in [4.78, 5) is 23.9. The van der Waals surface area contributed by atoms with Crippen molar-refractivity contribution < 1.29 is 14.3 Å². The molecule has 116 valence electrons. The summed E-state index contributed by atoms with van der Waals surface area (Å²) in [5.41, 5.74) is -0.559. The van der Waals surface area contributed by atoms with Crippen LogP contribution in [0.25, 0.3) is 0 Å². The number of ether oxygens (including phenoxy) is 1. The van der Waals surface area contributed by atoms with Crippen molar-refractivity contribution in [2.45, 2.75) is 65.5 Å². The summed E-state index contributed by atoms with van der Waals surface area (Å²) in [6, 6.07) is -0.524. The third-order valence-electron chi connectivity index (χ3n) is 2.98. The number of rotatable bonds is 6. The molecular formula is C15H28N2O3. The van der Waals surface area contributed by atoms with Crippen molar-refractivity contribution in [3.63, 3.8) is 0 Å². The molecule has 1 unspecified atom stereocenters.